The first-order chi connectivity index (χ1) is 8.24. The Morgan fingerprint density at radius 1 is 1.32 bits per heavy atom. The summed E-state index contributed by atoms with van der Waals surface area (Å²) in [7, 11) is 0. The van der Waals surface area contributed by atoms with Gasteiger partial charge in [-0.15, -0.1) is 12.4 Å². The first-order valence-corrected chi connectivity index (χ1v) is 5.92. The SMILES string of the molecule is Cl.O=C(O)Cc1ccc(OC2CCNCC2)cc1.[H-].[Na+]. The number of ether oxygens (including phenoxy) is 1. The molecule has 1 aromatic carbocycles. The van der Waals surface area contributed by atoms with Crippen LogP contribution in [-0.2, 0) is 11.2 Å². The third-order valence-electron chi connectivity index (χ3n) is 2.87. The number of nitrogens with one attached hydrogen (secondary N) is 1. The second-order valence-electron chi connectivity index (χ2n) is 4.28. The van der Waals surface area contributed by atoms with Crippen molar-refractivity contribution in [2.75, 3.05) is 13.1 Å². The number of aliphatic carboxylic acids is 1. The Balaban J connectivity index is 0. The minimum absolute atomic E-state index is 0. The van der Waals surface area contributed by atoms with E-state index in [2.05, 4.69) is 5.32 Å². The fraction of sp³-hybridized carbons (Fsp3) is 0.462. The first kappa shape index (κ1) is 18.7. The molecule has 0 bridgehead atoms. The van der Waals surface area contributed by atoms with Crippen molar-refractivity contribution < 1.29 is 45.6 Å². The molecule has 6 heteroatoms. The molecule has 1 aliphatic heterocycles. The number of rotatable bonds is 4. The minimum Gasteiger partial charge on any atom is -1.00 e. The number of carboxylic acid groups (broad SMARTS) is 1. The molecule has 102 valence electrons. The molecule has 4 nitrogen and oxygen atoms in total. The van der Waals surface area contributed by atoms with Gasteiger partial charge in [0.15, 0.2) is 0 Å². The third-order valence-corrected chi connectivity index (χ3v) is 2.87. The van der Waals surface area contributed by atoms with Crippen LogP contribution in [0.4, 0.5) is 0 Å². The summed E-state index contributed by atoms with van der Waals surface area (Å²) in [6.07, 6.45) is 2.39. The summed E-state index contributed by atoms with van der Waals surface area (Å²) >= 11 is 0. The van der Waals surface area contributed by atoms with E-state index in [4.69, 9.17) is 9.84 Å². The first-order valence-electron chi connectivity index (χ1n) is 5.92. The average Bonchev–Trinajstić information content (AvgIpc) is 2.32. The Kier molecular flexibility index (Phi) is 9.48. The van der Waals surface area contributed by atoms with Crippen molar-refractivity contribution in [3.63, 3.8) is 0 Å². The number of halogens is 1. The standard InChI is InChI=1S/C13H17NO3.ClH.Na.H/c15-13(16)9-10-1-3-11(4-2-10)17-12-5-7-14-8-6-12;;;/h1-4,12,14H,5-9H2,(H,15,16);1H;;/q;;+1;-1. The van der Waals surface area contributed by atoms with Crippen molar-refractivity contribution in [3.8, 4) is 5.75 Å². The fourth-order valence-corrected chi connectivity index (χ4v) is 1.97. The van der Waals surface area contributed by atoms with Crippen molar-refractivity contribution in [1.29, 1.82) is 0 Å². The topological polar surface area (TPSA) is 58.6 Å². The largest absolute Gasteiger partial charge is 1.00 e. The van der Waals surface area contributed by atoms with Crippen molar-refractivity contribution in [2.45, 2.75) is 25.4 Å². The summed E-state index contributed by atoms with van der Waals surface area (Å²) in [4.78, 5) is 10.5. The molecule has 0 radical (unpaired) electrons. The summed E-state index contributed by atoms with van der Waals surface area (Å²) in [5.41, 5.74) is 0.801. The van der Waals surface area contributed by atoms with Crippen LogP contribution in [0.3, 0.4) is 0 Å². The van der Waals surface area contributed by atoms with Crippen LogP contribution in [0.15, 0.2) is 24.3 Å². The smallest absolute Gasteiger partial charge is 1.00 e. The van der Waals surface area contributed by atoms with Crippen LogP contribution in [0, 0.1) is 0 Å². The molecule has 0 aliphatic carbocycles. The molecule has 1 aliphatic rings. The van der Waals surface area contributed by atoms with Gasteiger partial charge < -0.3 is 16.6 Å². The molecule has 2 N–H and O–H groups in total. The second-order valence-corrected chi connectivity index (χ2v) is 4.28. The van der Waals surface area contributed by atoms with Gasteiger partial charge in [-0.25, -0.2) is 0 Å². The summed E-state index contributed by atoms with van der Waals surface area (Å²) in [5, 5.41) is 11.9. The molecule has 2 rings (SSSR count). The number of hydrogen-bond acceptors (Lipinski definition) is 3. The Bertz CT molecular complexity index is 386. The molecule has 0 amide bonds. The maximum Gasteiger partial charge on any atom is 1.00 e. The molecule has 0 atom stereocenters. The van der Waals surface area contributed by atoms with Gasteiger partial charge in [-0.3, -0.25) is 4.79 Å². The van der Waals surface area contributed by atoms with Crippen LogP contribution >= 0.6 is 12.4 Å². The van der Waals surface area contributed by atoms with Crippen LogP contribution in [0.1, 0.15) is 19.8 Å². The van der Waals surface area contributed by atoms with Gasteiger partial charge in [-0.2, -0.15) is 0 Å². The van der Waals surface area contributed by atoms with Gasteiger partial charge in [-0.05, 0) is 43.6 Å². The molecule has 0 aromatic heterocycles. The molecule has 0 unspecified atom stereocenters. The van der Waals surface area contributed by atoms with E-state index in [-0.39, 0.29) is 55.9 Å². The van der Waals surface area contributed by atoms with Crippen molar-refractivity contribution in [1.82, 2.24) is 5.32 Å². The molecule has 1 aromatic rings. The summed E-state index contributed by atoms with van der Waals surface area (Å²) in [5.74, 6) is 0.0167. The summed E-state index contributed by atoms with van der Waals surface area (Å²) < 4.78 is 5.83. The Morgan fingerprint density at radius 2 is 1.89 bits per heavy atom. The van der Waals surface area contributed by atoms with E-state index in [1.807, 2.05) is 24.3 Å². The van der Waals surface area contributed by atoms with Gasteiger partial charge >= 0.3 is 35.5 Å². The van der Waals surface area contributed by atoms with Crippen molar-refractivity contribution in [2.24, 2.45) is 0 Å². The molecule has 19 heavy (non-hydrogen) atoms. The summed E-state index contributed by atoms with van der Waals surface area (Å²) in [6.45, 7) is 2.00. The van der Waals surface area contributed by atoms with Crippen molar-refractivity contribution >= 4 is 18.4 Å². The molecular formula is C13H19ClNNaO3. The zero-order valence-electron chi connectivity index (χ0n) is 12.1. The zero-order valence-corrected chi connectivity index (χ0v) is 13.9. The Hall–Kier alpha value is -0.260. The van der Waals surface area contributed by atoms with Crippen molar-refractivity contribution in [3.05, 3.63) is 29.8 Å². The van der Waals surface area contributed by atoms with Crippen LogP contribution < -0.4 is 39.6 Å². The van der Waals surface area contributed by atoms with E-state index in [0.29, 0.717) is 0 Å². The normalized spacial score (nSPS) is 14.9. The van der Waals surface area contributed by atoms with E-state index in [1.165, 1.54) is 0 Å². The molecular weight excluding hydrogens is 277 g/mol. The van der Waals surface area contributed by atoms with Gasteiger partial charge in [0.25, 0.3) is 0 Å². The van der Waals surface area contributed by atoms with Gasteiger partial charge in [-0.1, -0.05) is 12.1 Å². The maximum absolute atomic E-state index is 10.5. The fourth-order valence-electron chi connectivity index (χ4n) is 1.97. The zero-order chi connectivity index (χ0) is 12.1. The van der Waals surface area contributed by atoms with E-state index in [1.54, 1.807) is 0 Å². The number of carboxylic acids is 1. The Labute approximate surface area is 143 Å². The number of piperidine rings is 1. The molecule has 1 saturated heterocycles. The van der Waals surface area contributed by atoms with E-state index in [0.717, 1.165) is 37.2 Å². The predicted octanol–water partition coefficient (Wildman–Crippen LogP) is -1.02. The number of hydrogen-bond donors (Lipinski definition) is 2. The van der Waals surface area contributed by atoms with Crippen LogP contribution in [-0.4, -0.2) is 30.3 Å². The van der Waals surface area contributed by atoms with Gasteiger partial charge in [0.1, 0.15) is 11.9 Å². The second kappa shape index (κ2) is 9.61. The molecule has 1 heterocycles. The monoisotopic (exact) mass is 295 g/mol. The van der Waals surface area contributed by atoms with Crippen LogP contribution in [0.2, 0.25) is 0 Å². The van der Waals surface area contributed by atoms with E-state index in [9.17, 15) is 4.79 Å². The quantitative estimate of drug-likeness (QED) is 0.699. The maximum atomic E-state index is 10.5. The molecule has 0 saturated carbocycles. The Morgan fingerprint density at radius 3 is 2.42 bits per heavy atom. The van der Waals surface area contributed by atoms with Gasteiger partial charge in [0.05, 0.1) is 6.42 Å². The third kappa shape index (κ3) is 6.63. The molecule has 0 spiro atoms. The predicted molar refractivity (Wildman–Crippen MR) is 72.7 cm³/mol. The van der Waals surface area contributed by atoms with E-state index >= 15 is 0 Å². The average molecular weight is 296 g/mol. The van der Waals surface area contributed by atoms with Gasteiger partial charge in [0, 0.05) is 0 Å². The number of benzene rings is 1. The summed E-state index contributed by atoms with van der Waals surface area (Å²) in [6, 6.07) is 7.32. The number of carbonyl (C=O) groups is 1. The van der Waals surface area contributed by atoms with Gasteiger partial charge in [0.2, 0.25) is 0 Å². The van der Waals surface area contributed by atoms with Crippen LogP contribution in [0.5, 0.6) is 5.75 Å². The van der Waals surface area contributed by atoms with E-state index < -0.39 is 5.97 Å². The minimum atomic E-state index is -0.808. The van der Waals surface area contributed by atoms with Crippen LogP contribution in [0.25, 0.3) is 0 Å². The molecule has 1 fully saturated rings.